The average molecular weight is 355 g/mol. The predicted octanol–water partition coefficient (Wildman–Crippen LogP) is 3.61. The second kappa shape index (κ2) is 6.86. The fraction of sp³-hybridized carbons (Fsp3) is 0.263. The van der Waals surface area contributed by atoms with Crippen LogP contribution in [0.4, 0.5) is 0 Å². The van der Waals surface area contributed by atoms with Crippen LogP contribution in [0, 0.1) is 0 Å². The van der Waals surface area contributed by atoms with Crippen molar-refractivity contribution in [1.29, 1.82) is 0 Å². The molecule has 3 heterocycles. The molecule has 4 rings (SSSR count). The molecule has 0 radical (unpaired) electrons. The number of nitrogens with one attached hydrogen (secondary N) is 1. The van der Waals surface area contributed by atoms with Gasteiger partial charge in [-0.25, -0.2) is 4.98 Å². The van der Waals surface area contributed by atoms with Gasteiger partial charge in [0.1, 0.15) is 5.75 Å². The van der Waals surface area contributed by atoms with Gasteiger partial charge in [0.25, 0.3) is 0 Å². The summed E-state index contributed by atoms with van der Waals surface area (Å²) in [5.41, 5.74) is 4.57. The van der Waals surface area contributed by atoms with Gasteiger partial charge in [-0.1, -0.05) is 23.7 Å². The minimum atomic E-state index is 0.200. The maximum atomic E-state index is 6.29. The van der Waals surface area contributed by atoms with E-state index in [9.17, 15) is 0 Å². The Morgan fingerprint density at radius 2 is 2.28 bits per heavy atom. The first-order valence-electron chi connectivity index (χ1n) is 8.21. The van der Waals surface area contributed by atoms with Gasteiger partial charge in [-0.15, -0.1) is 0 Å². The Bertz CT molecular complexity index is 879. The minimum Gasteiger partial charge on any atom is -0.497 e. The van der Waals surface area contributed by atoms with Crippen LogP contribution in [0.15, 0.2) is 49.1 Å². The second-order valence-electron chi connectivity index (χ2n) is 6.23. The third-order valence-corrected chi connectivity index (χ3v) is 4.99. The summed E-state index contributed by atoms with van der Waals surface area (Å²) in [4.78, 5) is 14.3. The van der Waals surface area contributed by atoms with Crippen LogP contribution in [0.5, 0.6) is 5.75 Å². The highest BCUT2D eigenvalue weighted by atomic mass is 35.5. The molecule has 1 aliphatic rings. The first-order chi connectivity index (χ1) is 12.2. The number of aromatic nitrogens is 3. The van der Waals surface area contributed by atoms with Crippen molar-refractivity contribution in [3.05, 3.63) is 76.6 Å². The highest BCUT2D eigenvalue weighted by molar-refractivity contribution is 6.31. The van der Waals surface area contributed by atoms with Crippen LogP contribution in [0.3, 0.4) is 0 Å². The molecule has 1 atom stereocenters. The molecule has 0 spiro atoms. The Kier molecular flexibility index (Phi) is 4.42. The zero-order valence-corrected chi connectivity index (χ0v) is 14.7. The quantitative estimate of drug-likeness (QED) is 0.777. The fourth-order valence-corrected chi connectivity index (χ4v) is 3.59. The second-order valence-corrected chi connectivity index (χ2v) is 6.64. The Labute approximate surface area is 151 Å². The molecule has 5 nitrogen and oxygen atoms in total. The van der Waals surface area contributed by atoms with Crippen LogP contribution in [0.2, 0.25) is 5.02 Å². The van der Waals surface area contributed by atoms with Crippen molar-refractivity contribution in [1.82, 2.24) is 19.9 Å². The molecule has 128 valence electrons. The average Bonchev–Trinajstić information content (AvgIpc) is 3.11. The first kappa shape index (κ1) is 16.1. The number of aromatic amines is 1. The van der Waals surface area contributed by atoms with Crippen LogP contribution in [0.25, 0.3) is 0 Å². The lowest BCUT2D eigenvalue weighted by Crippen LogP contribution is -2.34. The number of hydrogen-bond donors (Lipinski definition) is 1. The molecule has 1 unspecified atom stereocenters. The smallest absolute Gasteiger partial charge is 0.119 e. The first-order valence-corrected chi connectivity index (χ1v) is 8.59. The summed E-state index contributed by atoms with van der Waals surface area (Å²) >= 11 is 6.29. The third kappa shape index (κ3) is 3.25. The molecule has 0 aliphatic carbocycles. The lowest BCUT2D eigenvalue weighted by molar-refractivity contribution is 0.227. The van der Waals surface area contributed by atoms with E-state index in [1.807, 2.05) is 18.2 Å². The van der Waals surface area contributed by atoms with E-state index in [0.717, 1.165) is 42.3 Å². The summed E-state index contributed by atoms with van der Waals surface area (Å²) in [7, 11) is 1.69. The molecule has 1 aromatic carbocycles. The number of halogens is 1. The van der Waals surface area contributed by atoms with Crippen molar-refractivity contribution in [3.63, 3.8) is 0 Å². The molecule has 25 heavy (non-hydrogen) atoms. The summed E-state index contributed by atoms with van der Waals surface area (Å²) in [6.45, 7) is 2.48. The van der Waals surface area contributed by atoms with Crippen molar-refractivity contribution in [2.75, 3.05) is 13.7 Å². The predicted molar refractivity (Wildman–Crippen MR) is 96.8 cm³/mol. The number of methoxy groups -OCH3 is 1. The topological polar surface area (TPSA) is 54.0 Å². The zero-order chi connectivity index (χ0) is 17.2. The van der Waals surface area contributed by atoms with E-state index >= 15 is 0 Å². The number of benzene rings is 1. The molecule has 0 saturated carbocycles. The summed E-state index contributed by atoms with van der Waals surface area (Å²) < 4.78 is 5.39. The van der Waals surface area contributed by atoms with E-state index in [-0.39, 0.29) is 5.92 Å². The lowest BCUT2D eigenvalue weighted by Gasteiger charge is -2.32. The van der Waals surface area contributed by atoms with E-state index in [1.54, 1.807) is 25.8 Å². The SMILES string of the molecule is COc1cccc(C2CN(Cc3ccncc3Cl)Cc3[nH]cnc32)c1. The monoisotopic (exact) mass is 354 g/mol. The number of pyridine rings is 1. The molecule has 0 bridgehead atoms. The molecule has 0 amide bonds. The molecule has 2 aromatic heterocycles. The van der Waals surface area contributed by atoms with Gasteiger partial charge in [0.2, 0.25) is 0 Å². The minimum absolute atomic E-state index is 0.200. The number of fused-ring (bicyclic) bond motifs is 1. The van der Waals surface area contributed by atoms with Crippen LogP contribution in [-0.2, 0) is 13.1 Å². The third-order valence-electron chi connectivity index (χ3n) is 4.65. The van der Waals surface area contributed by atoms with Gasteiger partial charge in [0.05, 0.1) is 29.8 Å². The summed E-state index contributed by atoms with van der Waals surface area (Å²) in [5.74, 6) is 1.06. The lowest BCUT2D eigenvalue weighted by atomic mass is 9.90. The number of hydrogen-bond acceptors (Lipinski definition) is 4. The van der Waals surface area contributed by atoms with Gasteiger partial charge in [-0.05, 0) is 29.3 Å². The molecular formula is C19H19ClN4O. The maximum absolute atomic E-state index is 6.29. The van der Waals surface area contributed by atoms with Gasteiger partial charge in [0, 0.05) is 37.9 Å². The van der Waals surface area contributed by atoms with Crippen molar-refractivity contribution in [2.24, 2.45) is 0 Å². The molecule has 6 heteroatoms. The van der Waals surface area contributed by atoms with Crippen LogP contribution in [-0.4, -0.2) is 33.5 Å². The highest BCUT2D eigenvalue weighted by Gasteiger charge is 2.29. The molecule has 1 aliphatic heterocycles. The van der Waals surface area contributed by atoms with Crippen LogP contribution >= 0.6 is 11.6 Å². The van der Waals surface area contributed by atoms with Gasteiger partial charge < -0.3 is 9.72 Å². The summed E-state index contributed by atoms with van der Waals surface area (Å²) in [6, 6.07) is 10.2. The Morgan fingerprint density at radius 1 is 1.36 bits per heavy atom. The number of nitrogens with zero attached hydrogens (tertiary/aromatic N) is 3. The van der Waals surface area contributed by atoms with Crippen LogP contribution in [0.1, 0.15) is 28.4 Å². The van der Waals surface area contributed by atoms with Crippen LogP contribution < -0.4 is 4.74 Å². The maximum Gasteiger partial charge on any atom is 0.119 e. The number of H-pyrrole nitrogens is 1. The number of imidazole rings is 1. The fourth-order valence-electron chi connectivity index (χ4n) is 3.41. The molecule has 0 saturated heterocycles. The highest BCUT2D eigenvalue weighted by Crippen LogP contribution is 2.34. The Morgan fingerprint density at radius 3 is 3.12 bits per heavy atom. The van der Waals surface area contributed by atoms with Crippen molar-refractivity contribution < 1.29 is 4.74 Å². The zero-order valence-electron chi connectivity index (χ0n) is 13.9. The molecule has 3 aromatic rings. The Balaban J connectivity index is 1.64. The van der Waals surface area contributed by atoms with E-state index in [0.29, 0.717) is 5.02 Å². The Hall–Kier alpha value is -2.37. The van der Waals surface area contributed by atoms with Crippen molar-refractivity contribution in [2.45, 2.75) is 19.0 Å². The van der Waals surface area contributed by atoms with Gasteiger partial charge in [-0.3, -0.25) is 9.88 Å². The van der Waals surface area contributed by atoms with Crippen molar-refractivity contribution in [3.8, 4) is 5.75 Å². The standard InChI is InChI=1S/C19H19ClN4O/c1-25-15-4-2-3-13(7-15)16-10-24(11-18-19(16)23-12-22-18)9-14-5-6-21-8-17(14)20/h2-8,12,16H,9-11H2,1H3,(H,22,23). The number of ether oxygens (including phenoxy) is 1. The summed E-state index contributed by atoms with van der Waals surface area (Å²) in [6.07, 6.45) is 5.26. The van der Waals surface area contributed by atoms with Gasteiger partial charge >= 0.3 is 0 Å². The largest absolute Gasteiger partial charge is 0.497 e. The van der Waals surface area contributed by atoms with E-state index < -0.39 is 0 Å². The van der Waals surface area contributed by atoms with E-state index in [1.165, 1.54) is 5.56 Å². The van der Waals surface area contributed by atoms with E-state index in [4.69, 9.17) is 16.3 Å². The molecule has 0 fully saturated rings. The van der Waals surface area contributed by atoms with Gasteiger partial charge in [0.15, 0.2) is 0 Å². The van der Waals surface area contributed by atoms with Crippen molar-refractivity contribution >= 4 is 11.6 Å². The van der Waals surface area contributed by atoms with Gasteiger partial charge in [-0.2, -0.15) is 0 Å². The molecular weight excluding hydrogens is 336 g/mol. The summed E-state index contributed by atoms with van der Waals surface area (Å²) in [5, 5.41) is 0.704. The molecule has 1 N–H and O–H groups in total. The van der Waals surface area contributed by atoms with E-state index in [2.05, 4.69) is 32.0 Å². The number of rotatable bonds is 4. The normalized spacial score (nSPS) is 17.3.